The smallest absolute Gasteiger partial charge is 0.220 e. The molecule has 0 atom stereocenters. The molecule has 0 unspecified atom stereocenters. The van der Waals surface area contributed by atoms with Gasteiger partial charge in [-0.15, -0.1) is 0 Å². The van der Waals surface area contributed by atoms with Crippen LogP contribution >= 0.6 is 0 Å². The average molecular weight is 279 g/mol. The van der Waals surface area contributed by atoms with Crippen molar-refractivity contribution in [3.63, 3.8) is 0 Å². The number of rotatable bonds is 2. The summed E-state index contributed by atoms with van der Waals surface area (Å²) in [6, 6.07) is 6.14. The number of pyridine rings is 1. The van der Waals surface area contributed by atoms with Crippen molar-refractivity contribution in [2.75, 3.05) is 5.73 Å². The predicted molar refractivity (Wildman–Crippen MR) is 83.9 cm³/mol. The molecule has 3 aromatic rings. The highest BCUT2D eigenvalue weighted by Gasteiger charge is 2.13. The highest BCUT2D eigenvalue weighted by atomic mass is 15.2. The van der Waals surface area contributed by atoms with E-state index in [-0.39, 0.29) is 0 Å². The number of aryl methyl sites for hydroxylation is 2. The Hall–Kier alpha value is -2.69. The lowest BCUT2D eigenvalue weighted by Gasteiger charge is -2.13. The van der Waals surface area contributed by atoms with Gasteiger partial charge in [0.2, 0.25) is 5.95 Å². The standard InChI is InChI=1S/C16H17N5/c1-4-14(15-10(2)19-16(17)20-11(15)3)12-6-8-21-13(9-12)5-7-18-21/h4-9H,1-3H3,(H2,17,19,20)/b14-4-. The molecule has 3 aromatic heterocycles. The van der Waals surface area contributed by atoms with Crippen LogP contribution in [0.1, 0.15) is 29.4 Å². The molecular formula is C16H17N5. The van der Waals surface area contributed by atoms with E-state index in [0.717, 1.165) is 33.6 Å². The Kier molecular flexibility index (Phi) is 3.17. The summed E-state index contributed by atoms with van der Waals surface area (Å²) in [5.41, 5.74) is 11.8. The fourth-order valence-electron chi connectivity index (χ4n) is 2.68. The topological polar surface area (TPSA) is 69.1 Å². The van der Waals surface area contributed by atoms with Crippen LogP contribution in [-0.2, 0) is 0 Å². The first kappa shape index (κ1) is 13.3. The van der Waals surface area contributed by atoms with Gasteiger partial charge < -0.3 is 5.73 Å². The van der Waals surface area contributed by atoms with Crippen molar-refractivity contribution in [1.29, 1.82) is 0 Å². The molecule has 0 amide bonds. The van der Waals surface area contributed by atoms with Crippen LogP contribution in [0.5, 0.6) is 0 Å². The SMILES string of the molecule is C/C=C(/c1ccn2nccc2c1)c1c(C)nc(N)nc1C. The largest absolute Gasteiger partial charge is 0.368 e. The fourth-order valence-corrected chi connectivity index (χ4v) is 2.68. The van der Waals surface area contributed by atoms with Crippen LogP contribution in [0, 0.1) is 13.8 Å². The van der Waals surface area contributed by atoms with E-state index in [2.05, 4.69) is 27.2 Å². The maximum absolute atomic E-state index is 5.72. The molecule has 0 saturated carbocycles. The van der Waals surface area contributed by atoms with Crippen molar-refractivity contribution in [3.05, 3.63) is 59.2 Å². The molecule has 3 rings (SSSR count). The molecule has 0 aliphatic heterocycles. The van der Waals surface area contributed by atoms with Crippen LogP contribution in [0.25, 0.3) is 11.1 Å². The second-order valence-corrected chi connectivity index (χ2v) is 4.95. The van der Waals surface area contributed by atoms with Gasteiger partial charge in [-0.1, -0.05) is 6.08 Å². The summed E-state index contributed by atoms with van der Waals surface area (Å²) in [7, 11) is 0. The van der Waals surface area contributed by atoms with Gasteiger partial charge in [0.25, 0.3) is 0 Å². The van der Waals surface area contributed by atoms with E-state index >= 15 is 0 Å². The third kappa shape index (κ3) is 2.27. The van der Waals surface area contributed by atoms with Crippen LogP contribution in [0.4, 0.5) is 5.95 Å². The summed E-state index contributed by atoms with van der Waals surface area (Å²) in [6.45, 7) is 5.94. The molecule has 0 aromatic carbocycles. The van der Waals surface area contributed by atoms with Crippen LogP contribution in [0.15, 0.2) is 36.7 Å². The molecule has 2 N–H and O–H groups in total. The Labute approximate surface area is 123 Å². The maximum Gasteiger partial charge on any atom is 0.220 e. The number of anilines is 1. The van der Waals surface area contributed by atoms with Gasteiger partial charge in [0.1, 0.15) is 0 Å². The van der Waals surface area contributed by atoms with Gasteiger partial charge in [-0.05, 0) is 50.1 Å². The van der Waals surface area contributed by atoms with E-state index in [0.29, 0.717) is 5.95 Å². The first-order chi connectivity index (χ1) is 10.1. The number of nitrogens with zero attached hydrogens (tertiary/aromatic N) is 4. The summed E-state index contributed by atoms with van der Waals surface area (Å²) in [5.74, 6) is 0.315. The van der Waals surface area contributed by atoms with Gasteiger partial charge in [-0.3, -0.25) is 0 Å². The van der Waals surface area contributed by atoms with Crippen LogP contribution in [-0.4, -0.2) is 19.6 Å². The predicted octanol–water partition coefficient (Wildman–Crippen LogP) is 2.77. The lowest BCUT2D eigenvalue weighted by atomic mass is 9.96. The third-order valence-corrected chi connectivity index (χ3v) is 3.56. The van der Waals surface area contributed by atoms with Crippen LogP contribution in [0.3, 0.4) is 0 Å². The van der Waals surface area contributed by atoms with Gasteiger partial charge in [-0.2, -0.15) is 5.10 Å². The zero-order valence-electron chi connectivity index (χ0n) is 12.3. The average Bonchev–Trinajstić information content (AvgIpc) is 2.89. The summed E-state index contributed by atoms with van der Waals surface area (Å²) in [4.78, 5) is 8.58. The number of nitrogen functional groups attached to an aromatic ring is 1. The van der Waals surface area contributed by atoms with Gasteiger partial charge in [-0.25, -0.2) is 14.5 Å². The molecule has 0 bridgehead atoms. The number of hydrogen-bond donors (Lipinski definition) is 1. The van der Waals surface area contributed by atoms with E-state index in [1.165, 1.54) is 0 Å². The molecule has 21 heavy (non-hydrogen) atoms. The van der Waals surface area contributed by atoms with Crippen LogP contribution in [0.2, 0.25) is 0 Å². The molecule has 106 valence electrons. The van der Waals surface area contributed by atoms with E-state index in [4.69, 9.17) is 5.73 Å². The van der Waals surface area contributed by atoms with Crippen molar-refractivity contribution in [2.24, 2.45) is 0 Å². The van der Waals surface area contributed by atoms with Gasteiger partial charge in [0.15, 0.2) is 0 Å². The summed E-state index contributed by atoms with van der Waals surface area (Å²) in [6.07, 6.45) is 5.82. The van der Waals surface area contributed by atoms with E-state index in [1.54, 1.807) is 6.20 Å². The first-order valence-corrected chi connectivity index (χ1v) is 6.81. The number of nitrogens with two attached hydrogens (primary N) is 1. The molecule has 0 aliphatic rings. The van der Waals surface area contributed by atoms with Crippen molar-refractivity contribution in [1.82, 2.24) is 19.6 Å². The van der Waals surface area contributed by atoms with Crippen molar-refractivity contribution >= 4 is 17.0 Å². The normalized spacial score (nSPS) is 12.0. The Bertz CT molecular complexity index is 822. The molecule has 0 radical (unpaired) electrons. The maximum atomic E-state index is 5.72. The zero-order valence-corrected chi connectivity index (χ0v) is 12.3. The molecule has 0 aliphatic carbocycles. The Morgan fingerprint density at radius 1 is 1.19 bits per heavy atom. The number of fused-ring (bicyclic) bond motifs is 1. The molecule has 0 spiro atoms. The molecule has 0 fully saturated rings. The van der Waals surface area contributed by atoms with Gasteiger partial charge >= 0.3 is 0 Å². The summed E-state index contributed by atoms with van der Waals surface area (Å²) in [5, 5.41) is 4.22. The quantitative estimate of drug-likeness (QED) is 0.783. The first-order valence-electron chi connectivity index (χ1n) is 6.81. The van der Waals surface area contributed by atoms with E-state index < -0.39 is 0 Å². The molecule has 5 nitrogen and oxygen atoms in total. The second-order valence-electron chi connectivity index (χ2n) is 4.95. The zero-order chi connectivity index (χ0) is 15.0. The van der Waals surface area contributed by atoms with Gasteiger partial charge in [0, 0.05) is 18.0 Å². The fraction of sp³-hybridized carbons (Fsp3) is 0.188. The molecular weight excluding hydrogens is 262 g/mol. The highest BCUT2D eigenvalue weighted by molar-refractivity contribution is 5.83. The van der Waals surface area contributed by atoms with E-state index in [9.17, 15) is 0 Å². The van der Waals surface area contributed by atoms with Crippen molar-refractivity contribution in [2.45, 2.75) is 20.8 Å². The summed E-state index contributed by atoms with van der Waals surface area (Å²) >= 11 is 0. The number of hydrogen-bond acceptors (Lipinski definition) is 4. The van der Waals surface area contributed by atoms with E-state index in [1.807, 2.05) is 43.6 Å². The molecule has 3 heterocycles. The van der Waals surface area contributed by atoms with Crippen LogP contribution < -0.4 is 5.73 Å². The Morgan fingerprint density at radius 3 is 2.57 bits per heavy atom. The van der Waals surface area contributed by atoms with Crippen molar-refractivity contribution in [3.8, 4) is 0 Å². The molecule has 0 saturated heterocycles. The minimum atomic E-state index is 0.315. The summed E-state index contributed by atoms with van der Waals surface area (Å²) < 4.78 is 1.84. The highest BCUT2D eigenvalue weighted by Crippen LogP contribution is 2.28. The lowest BCUT2D eigenvalue weighted by Crippen LogP contribution is -2.05. The van der Waals surface area contributed by atoms with Gasteiger partial charge in [0.05, 0.1) is 16.9 Å². The minimum absolute atomic E-state index is 0.315. The number of allylic oxidation sites excluding steroid dienone is 1. The van der Waals surface area contributed by atoms with Crippen molar-refractivity contribution < 1.29 is 0 Å². The number of aromatic nitrogens is 4. The Balaban J connectivity index is 2.19. The monoisotopic (exact) mass is 279 g/mol. The molecule has 5 heteroatoms. The second kappa shape index (κ2) is 5.01. The third-order valence-electron chi connectivity index (χ3n) is 3.56. The minimum Gasteiger partial charge on any atom is -0.368 e. The lowest BCUT2D eigenvalue weighted by molar-refractivity contribution is 0.959. The Morgan fingerprint density at radius 2 is 1.90 bits per heavy atom.